The van der Waals surface area contributed by atoms with Crippen LogP contribution in [0.4, 0.5) is 5.69 Å². The lowest BCUT2D eigenvalue weighted by molar-refractivity contribution is -0.122. The van der Waals surface area contributed by atoms with Gasteiger partial charge < -0.3 is 10.1 Å². The van der Waals surface area contributed by atoms with Gasteiger partial charge in [0, 0.05) is 5.02 Å². The fourth-order valence-corrected chi connectivity index (χ4v) is 4.59. The van der Waals surface area contributed by atoms with Crippen molar-refractivity contribution < 1.29 is 17.9 Å². The van der Waals surface area contributed by atoms with Gasteiger partial charge in [-0.2, -0.15) is 0 Å². The zero-order valence-corrected chi connectivity index (χ0v) is 19.0. The van der Waals surface area contributed by atoms with Gasteiger partial charge in [0.25, 0.3) is 0 Å². The van der Waals surface area contributed by atoms with Crippen LogP contribution in [0.25, 0.3) is 0 Å². The number of amides is 1. The van der Waals surface area contributed by atoms with Crippen molar-refractivity contribution in [1.82, 2.24) is 5.32 Å². The molecule has 2 aromatic rings. The normalized spacial score (nSPS) is 13.4. The summed E-state index contributed by atoms with van der Waals surface area (Å²) in [6, 6.07) is 10.5. The first-order valence-electron chi connectivity index (χ1n) is 8.97. The number of benzene rings is 2. The number of methoxy groups -OCH3 is 1. The third-order valence-corrected chi connectivity index (χ3v) is 6.26. The molecule has 29 heavy (non-hydrogen) atoms. The van der Waals surface area contributed by atoms with E-state index in [1.54, 1.807) is 13.2 Å². The molecular formula is C20H24Cl2N2O4S. The minimum atomic E-state index is -3.80. The summed E-state index contributed by atoms with van der Waals surface area (Å²) in [4.78, 5) is 12.9. The third-order valence-electron chi connectivity index (χ3n) is 4.48. The van der Waals surface area contributed by atoms with E-state index in [9.17, 15) is 13.2 Å². The van der Waals surface area contributed by atoms with Gasteiger partial charge in [-0.25, -0.2) is 8.42 Å². The minimum Gasteiger partial charge on any atom is -0.497 e. The van der Waals surface area contributed by atoms with Crippen molar-refractivity contribution >= 4 is 44.8 Å². The van der Waals surface area contributed by atoms with Crippen molar-refractivity contribution in [3.8, 4) is 5.75 Å². The van der Waals surface area contributed by atoms with Crippen LogP contribution in [0.3, 0.4) is 0 Å². The first-order chi connectivity index (χ1) is 13.6. The first kappa shape index (κ1) is 23.3. The standard InChI is InChI=1S/C20H24Cl2N2O4S/c1-5-18(14-6-9-16(28-3)10-7-14)23-20(25)13(2)24(29(4,26)27)19-12-15(21)8-11-17(19)22/h6-13,18H,5H2,1-4H3,(H,23,25)/t13-,18-/m1/s1. The number of rotatable bonds is 8. The molecule has 0 aliphatic carbocycles. The summed E-state index contributed by atoms with van der Waals surface area (Å²) in [5.41, 5.74) is 1.04. The monoisotopic (exact) mass is 458 g/mol. The highest BCUT2D eigenvalue weighted by atomic mass is 35.5. The van der Waals surface area contributed by atoms with E-state index < -0.39 is 22.0 Å². The van der Waals surface area contributed by atoms with Gasteiger partial charge in [-0.3, -0.25) is 9.10 Å². The molecule has 6 nitrogen and oxygen atoms in total. The summed E-state index contributed by atoms with van der Waals surface area (Å²) in [5.74, 6) is 0.260. The second kappa shape index (κ2) is 9.69. The molecule has 0 aliphatic rings. The molecule has 0 fully saturated rings. The second-order valence-electron chi connectivity index (χ2n) is 6.57. The number of sulfonamides is 1. The van der Waals surface area contributed by atoms with Crippen molar-refractivity contribution in [1.29, 1.82) is 0 Å². The number of halogens is 2. The number of ether oxygens (including phenoxy) is 1. The molecule has 2 atom stereocenters. The summed E-state index contributed by atoms with van der Waals surface area (Å²) >= 11 is 12.2. The summed E-state index contributed by atoms with van der Waals surface area (Å²) in [6.07, 6.45) is 1.65. The average molecular weight is 459 g/mol. The highest BCUT2D eigenvalue weighted by Gasteiger charge is 2.31. The number of anilines is 1. The number of nitrogens with zero attached hydrogens (tertiary/aromatic N) is 1. The van der Waals surface area contributed by atoms with E-state index in [1.807, 2.05) is 31.2 Å². The van der Waals surface area contributed by atoms with E-state index in [4.69, 9.17) is 27.9 Å². The van der Waals surface area contributed by atoms with Crippen molar-refractivity contribution in [2.24, 2.45) is 0 Å². The Morgan fingerprint density at radius 1 is 1.17 bits per heavy atom. The quantitative estimate of drug-likeness (QED) is 0.634. The molecule has 0 bridgehead atoms. The van der Waals surface area contributed by atoms with E-state index in [2.05, 4.69) is 5.32 Å². The van der Waals surface area contributed by atoms with Gasteiger partial charge in [0.1, 0.15) is 11.8 Å². The largest absolute Gasteiger partial charge is 0.497 e. The molecular weight excluding hydrogens is 435 g/mol. The molecule has 1 N–H and O–H groups in total. The Morgan fingerprint density at radius 2 is 1.79 bits per heavy atom. The molecule has 2 rings (SSSR count). The smallest absolute Gasteiger partial charge is 0.244 e. The molecule has 0 saturated carbocycles. The maximum atomic E-state index is 12.9. The lowest BCUT2D eigenvalue weighted by Gasteiger charge is -2.30. The topological polar surface area (TPSA) is 75.7 Å². The Hall–Kier alpha value is -1.96. The molecule has 0 spiro atoms. The van der Waals surface area contributed by atoms with Crippen molar-refractivity contribution in [2.75, 3.05) is 17.7 Å². The molecule has 158 valence electrons. The van der Waals surface area contributed by atoms with Gasteiger partial charge in [0.2, 0.25) is 15.9 Å². The molecule has 0 aliphatic heterocycles. The van der Waals surface area contributed by atoms with Crippen molar-refractivity contribution in [2.45, 2.75) is 32.4 Å². The predicted octanol–water partition coefficient (Wildman–Crippen LogP) is 4.42. The highest BCUT2D eigenvalue weighted by Crippen LogP contribution is 2.32. The lowest BCUT2D eigenvalue weighted by Crippen LogP contribution is -2.48. The number of carbonyl (C=O) groups is 1. The molecule has 0 heterocycles. The maximum Gasteiger partial charge on any atom is 0.244 e. The van der Waals surface area contributed by atoms with E-state index in [1.165, 1.54) is 19.1 Å². The van der Waals surface area contributed by atoms with Gasteiger partial charge >= 0.3 is 0 Å². The fourth-order valence-electron chi connectivity index (χ4n) is 2.99. The van der Waals surface area contributed by atoms with E-state index in [0.29, 0.717) is 17.2 Å². The molecule has 0 aromatic heterocycles. The summed E-state index contributed by atoms with van der Waals surface area (Å²) in [5, 5.41) is 3.41. The zero-order valence-electron chi connectivity index (χ0n) is 16.6. The second-order valence-corrected chi connectivity index (χ2v) is 9.28. The van der Waals surface area contributed by atoms with Crippen LogP contribution in [0.15, 0.2) is 42.5 Å². The van der Waals surface area contributed by atoms with Crippen LogP contribution in [0.2, 0.25) is 10.0 Å². The van der Waals surface area contributed by atoms with Gasteiger partial charge in [-0.05, 0) is 49.2 Å². The number of nitrogens with one attached hydrogen (secondary N) is 1. The molecule has 0 unspecified atom stereocenters. The Kier molecular flexibility index (Phi) is 7.80. The van der Waals surface area contributed by atoms with Crippen LogP contribution >= 0.6 is 23.2 Å². The van der Waals surface area contributed by atoms with E-state index in [-0.39, 0.29) is 16.8 Å². The Morgan fingerprint density at radius 3 is 2.31 bits per heavy atom. The number of hydrogen-bond donors (Lipinski definition) is 1. The van der Waals surface area contributed by atoms with Crippen LogP contribution in [0.5, 0.6) is 5.75 Å². The Balaban J connectivity index is 2.31. The Labute approximate surface area is 181 Å². The van der Waals surface area contributed by atoms with Crippen molar-refractivity contribution in [3.05, 3.63) is 58.1 Å². The SMILES string of the molecule is CC[C@@H](NC(=O)[C@@H](C)N(c1cc(Cl)ccc1Cl)S(C)(=O)=O)c1ccc(OC)cc1. The summed E-state index contributed by atoms with van der Waals surface area (Å²) < 4.78 is 31.1. The van der Waals surface area contributed by atoms with Gasteiger partial charge in [-0.15, -0.1) is 0 Å². The van der Waals surface area contributed by atoms with Gasteiger partial charge in [0.05, 0.1) is 30.1 Å². The third kappa shape index (κ3) is 5.78. The summed E-state index contributed by atoms with van der Waals surface area (Å²) in [6.45, 7) is 3.44. The average Bonchev–Trinajstić information content (AvgIpc) is 2.67. The first-order valence-corrected chi connectivity index (χ1v) is 11.6. The highest BCUT2D eigenvalue weighted by molar-refractivity contribution is 7.92. The molecule has 9 heteroatoms. The minimum absolute atomic E-state index is 0.154. The predicted molar refractivity (Wildman–Crippen MR) is 117 cm³/mol. The van der Waals surface area contributed by atoms with E-state index in [0.717, 1.165) is 16.1 Å². The van der Waals surface area contributed by atoms with Crippen LogP contribution in [-0.2, 0) is 14.8 Å². The fraction of sp³-hybridized carbons (Fsp3) is 0.350. The summed E-state index contributed by atoms with van der Waals surface area (Å²) in [7, 11) is -2.22. The van der Waals surface area contributed by atoms with Crippen LogP contribution in [-0.4, -0.2) is 33.7 Å². The number of hydrogen-bond acceptors (Lipinski definition) is 4. The molecule has 1 amide bonds. The molecule has 2 aromatic carbocycles. The van der Waals surface area contributed by atoms with E-state index >= 15 is 0 Å². The zero-order chi connectivity index (χ0) is 21.8. The Bertz CT molecular complexity index is 965. The lowest BCUT2D eigenvalue weighted by atomic mass is 10.0. The number of carbonyl (C=O) groups excluding carboxylic acids is 1. The maximum absolute atomic E-state index is 12.9. The van der Waals surface area contributed by atoms with Crippen LogP contribution in [0, 0.1) is 0 Å². The van der Waals surface area contributed by atoms with Crippen LogP contribution < -0.4 is 14.4 Å². The molecule has 0 radical (unpaired) electrons. The van der Waals surface area contributed by atoms with Gasteiger partial charge in [-0.1, -0.05) is 42.3 Å². The van der Waals surface area contributed by atoms with Gasteiger partial charge in [0.15, 0.2) is 0 Å². The van der Waals surface area contributed by atoms with Crippen molar-refractivity contribution in [3.63, 3.8) is 0 Å². The molecule has 0 saturated heterocycles. The van der Waals surface area contributed by atoms with Crippen LogP contribution in [0.1, 0.15) is 31.9 Å².